The maximum atomic E-state index is 11.9. The number of nitrogens with zero attached hydrogens (tertiary/aromatic N) is 1. The van der Waals surface area contributed by atoms with E-state index in [4.69, 9.17) is 0 Å². The van der Waals surface area contributed by atoms with Crippen molar-refractivity contribution in [3.8, 4) is 0 Å². The molecule has 1 aliphatic carbocycles. The molecule has 1 saturated carbocycles. The molecule has 3 nitrogen and oxygen atoms in total. The van der Waals surface area contributed by atoms with Crippen LogP contribution in [-0.4, -0.2) is 30.4 Å². The first kappa shape index (κ1) is 12.2. The Balaban J connectivity index is 1.42. The summed E-state index contributed by atoms with van der Waals surface area (Å²) in [6.07, 6.45) is 4.14. The Labute approximate surface area is 112 Å². The van der Waals surface area contributed by atoms with Crippen LogP contribution in [0.2, 0.25) is 0 Å². The van der Waals surface area contributed by atoms with Gasteiger partial charge in [-0.2, -0.15) is 0 Å². The van der Waals surface area contributed by atoms with E-state index < -0.39 is 0 Å². The molecule has 2 aliphatic rings. The first-order chi connectivity index (χ1) is 8.81. The van der Waals surface area contributed by atoms with E-state index in [-0.39, 0.29) is 5.91 Å². The molecule has 2 atom stereocenters. The van der Waals surface area contributed by atoms with Gasteiger partial charge in [0, 0.05) is 18.0 Å². The normalized spacial score (nSPS) is 27.3. The van der Waals surface area contributed by atoms with Gasteiger partial charge in [-0.15, -0.1) is 11.3 Å². The molecule has 0 aromatic carbocycles. The van der Waals surface area contributed by atoms with Crippen LogP contribution in [0.4, 0.5) is 0 Å². The van der Waals surface area contributed by atoms with Gasteiger partial charge in [0.05, 0.1) is 13.1 Å². The molecule has 2 unspecified atom stereocenters. The van der Waals surface area contributed by atoms with Gasteiger partial charge in [0.2, 0.25) is 5.91 Å². The van der Waals surface area contributed by atoms with Crippen LogP contribution in [0.25, 0.3) is 0 Å². The summed E-state index contributed by atoms with van der Waals surface area (Å²) in [6, 6.07) is 4.08. The third-order valence-electron chi connectivity index (χ3n) is 4.21. The molecular formula is C14H20N2OS. The second-order valence-electron chi connectivity index (χ2n) is 5.50. The molecular weight excluding hydrogens is 244 g/mol. The smallest absolute Gasteiger partial charge is 0.234 e. The number of hydrogen-bond donors (Lipinski definition) is 1. The lowest BCUT2D eigenvalue weighted by molar-refractivity contribution is -0.122. The van der Waals surface area contributed by atoms with Gasteiger partial charge in [-0.05, 0) is 36.1 Å². The monoisotopic (exact) mass is 264 g/mol. The maximum absolute atomic E-state index is 11.9. The van der Waals surface area contributed by atoms with Crippen molar-refractivity contribution < 1.29 is 4.79 Å². The second-order valence-corrected chi connectivity index (χ2v) is 6.53. The summed E-state index contributed by atoms with van der Waals surface area (Å²) in [7, 11) is 0. The molecule has 1 saturated heterocycles. The largest absolute Gasteiger partial charge is 0.350 e. The lowest BCUT2D eigenvalue weighted by Crippen LogP contribution is -2.36. The topological polar surface area (TPSA) is 32.3 Å². The molecule has 3 rings (SSSR count). The van der Waals surface area contributed by atoms with E-state index in [9.17, 15) is 4.79 Å². The van der Waals surface area contributed by atoms with E-state index in [0.29, 0.717) is 13.1 Å². The van der Waals surface area contributed by atoms with Gasteiger partial charge in [-0.25, -0.2) is 0 Å². The fourth-order valence-electron chi connectivity index (χ4n) is 3.32. The van der Waals surface area contributed by atoms with Crippen molar-refractivity contribution in [3.63, 3.8) is 0 Å². The van der Waals surface area contributed by atoms with Crippen LogP contribution in [0.1, 0.15) is 24.1 Å². The van der Waals surface area contributed by atoms with Crippen molar-refractivity contribution in [2.24, 2.45) is 11.8 Å². The van der Waals surface area contributed by atoms with Crippen molar-refractivity contribution >= 4 is 17.2 Å². The minimum absolute atomic E-state index is 0.170. The van der Waals surface area contributed by atoms with Crippen LogP contribution < -0.4 is 5.32 Å². The quantitative estimate of drug-likeness (QED) is 0.903. The van der Waals surface area contributed by atoms with Gasteiger partial charge < -0.3 is 5.32 Å². The number of amides is 1. The predicted octanol–water partition coefficient (Wildman–Crippen LogP) is 2.10. The molecule has 1 aromatic heterocycles. The molecule has 0 spiro atoms. The highest BCUT2D eigenvalue weighted by Crippen LogP contribution is 2.37. The summed E-state index contributed by atoms with van der Waals surface area (Å²) in [5.41, 5.74) is 0. The average molecular weight is 264 g/mol. The number of fused-ring (bicyclic) bond motifs is 1. The zero-order chi connectivity index (χ0) is 12.4. The highest BCUT2D eigenvalue weighted by atomic mass is 32.1. The summed E-state index contributed by atoms with van der Waals surface area (Å²) in [5, 5.41) is 5.05. The number of nitrogens with one attached hydrogen (secondary N) is 1. The van der Waals surface area contributed by atoms with Crippen LogP contribution in [-0.2, 0) is 11.3 Å². The van der Waals surface area contributed by atoms with E-state index in [1.807, 2.05) is 11.4 Å². The molecule has 98 valence electrons. The molecule has 1 N–H and O–H groups in total. The summed E-state index contributed by atoms with van der Waals surface area (Å²) >= 11 is 1.69. The summed E-state index contributed by atoms with van der Waals surface area (Å²) in [5.74, 6) is 1.91. The highest BCUT2D eigenvalue weighted by Gasteiger charge is 2.36. The minimum atomic E-state index is 0.170. The van der Waals surface area contributed by atoms with Crippen LogP contribution in [0, 0.1) is 11.8 Å². The zero-order valence-electron chi connectivity index (χ0n) is 10.6. The third kappa shape index (κ3) is 2.75. The van der Waals surface area contributed by atoms with E-state index >= 15 is 0 Å². The minimum Gasteiger partial charge on any atom is -0.350 e. The van der Waals surface area contributed by atoms with E-state index in [1.165, 1.54) is 24.1 Å². The van der Waals surface area contributed by atoms with Crippen LogP contribution in [0.3, 0.4) is 0 Å². The van der Waals surface area contributed by atoms with Crippen molar-refractivity contribution in [2.45, 2.75) is 25.8 Å². The molecule has 0 bridgehead atoms. The van der Waals surface area contributed by atoms with Crippen LogP contribution in [0.5, 0.6) is 0 Å². The number of likely N-dealkylation sites (tertiary alicyclic amines) is 1. The SMILES string of the molecule is O=C(CN1CC2CCCC2C1)NCc1cccs1. The Kier molecular flexibility index (Phi) is 3.66. The number of carbonyl (C=O) groups excluding carboxylic acids is 1. The second kappa shape index (κ2) is 5.41. The van der Waals surface area contributed by atoms with E-state index in [0.717, 1.165) is 24.9 Å². The standard InChI is InChI=1S/C14H20N2OS/c17-14(15-7-13-5-2-6-18-13)10-16-8-11-3-1-4-12(11)9-16/h2,5-6,11-12H,1,3-4,7-10H2,(H,15,17). The number of rotatable bonds is 4. The number of hydrogen-bond acceptors (Lipinski definition) is 3. The van der Waals surface area contributed by atoms with Gasteiger partial charge in [0.1, 0.15) is 0 Å². The third-order valence-corrected chi connectivity index (χ3v) is 5.09. The Morgan fingerprint density at radius 2 is 2.17 bits per heavy atom. The lowest BCUT2D eigenvalue weighted by atomic mass is 10.0. The van der Waals surface area contributed by atoms with Crippen molar-refractivity contribution in [1.82, 2.24) is 10.2 Å². The Bertz CT molecular complexity index is 392. The molecule has 1 aromatic rings. The van der Waals surface area contributed by atoms with Gasteiger partial charge in [-0.3, -0.25) is 9.69 Å². The fourth-order valence-corrected chi connectivity index (χ4v) is 3.96. The Morgan fingerprint density at radius 3 is 2.83 bits per heavy atom. The van der Waals surface area contributed by atoms with Crippen molar-refractivity contribution in [3.05, 3.63) is 22.4 Å². The summed E-state index contributed by atoms with van der Waals surface area (Å²) < 4.78 is 0. The van der Waals surface area contributed by atoms with Gasteiger partial charge in [0.25, 0.3) is 0 Å². The predicted molar refractivity (Wildman–Crippen MR) is 73.4 cm³/mol. The maximum Gasteiger partial charge on any atom is 0.234 e. The average Bonchev–Trinajstić information content (AvgIpc) is 3.01. The van der Waals surface area contributed by atoms with Crippen molar-refractivity contribution in [2.75, 3.05) is 19.6 Å². The Hall–Kier alpha value is -0.870. The molecule has 18 heavy (non-hydrogen) atoms. The lowest BCUT2D eigenvalue weighted by Gasteiger charge is -2.15. The van der Waals surface area contributed by atoms with E-state index in [2.05, 4.69) is 16.3 Å². The van der Waals surface area contributed by atoms with Gasteiger partial charge in [0.15, 0.2) is 0 Å². The van der Waals surface area contributed by atoms with E-state index in [1.54, 1.807) is 11.3 Å². The first-order valence-electron chi connectivity index (χ1n) is 6.82. The molecule has 0 radical (unpaired) electrons. The summed E-state index contributed by atoms with van der Waals surface area (Å²) in [6.45, 7) is 3.53. The molecule has 1 aliphatic heterocycles. The van der Waals surface area contributed by atoms with Crippen LogP contribution >= 0.6 is 11.3 Å². The number of carbonyl (C=O) groups is 1. The fraction of sp³-hybridized carbons (Fsp3) is 0.643. The number of thiophene rings is 1. The zero-order valence-corrected chi connectivity index (χ0v) is 11.4. The molecule has 4 heteroatoms. The van der Waals surface area contributed by atoms with Crippen LogP contribution in [0.15, 0.2) is 17.5 Å². The molecule has 2 heterocycles. The van der Waals surface area contributed by atoms with Gasteiger partial charge in [-0.1, -0.05) is 12.5 Å². The van der Waals surface area contributed by atoms with Crippen molar-refractivity contribution in [1.29, 1.82) is 0 Å². The Morgan fingerprint density at radius 1 is 1.39 bits per heavy atom. The summed E-state index contributed by atoms with van der Waals surface area (Å²) in [4.78, 5) is 15.4. The molecule has 1 amide bonds. The molecule has 2 fully saturated rings. The van der Waals surface area contributed by atoms with Gasteiger partial charge >= 0.3 is 0 Å². The highest BCUT2D eigenvalue weighted by molar-refractivity contribution is 7.09. The first-order valence-corrected chi connectivity index (χ1v) is 7.70.